The average Bonchev–Trinajstić information content (AvgIpc) is 2.27. The van der Waals surface area contributed by atoms with Gasteiger partial charge in [-0.1, -0.05) is 20.3 Å². The number of nitrogens with zero attached hydrogens (tertiary/aromatic N) is 1. The molecular weight excluding hydrogens is 212 g/mol. The van der Waals surface area contributed by atoms with Crippen molar-refractivity contribution >= 4 is 10.0 Å². The van der Waals surface area contributed by atoms with E-state index in [2.05, 4.69) is 19.2 Å². The first kappa shape index (κ1) is 12.9. The molecule has 1 saturated heterocycles. The van der Waals surface area contributed by atoms with Gasteiger partial charge in [-0.05, 0) is 12.8 Å². The molecule has 90 valence electrons. The Kier molecular flexibility index (Phi) is 4.55. The van der Waals surface area contributed by atoms with Crippen molar-refractivity contribution in [2.75, 3.05) is 19.3 Å². The molecule has 0 bridgehead atoms. The van der Waals surface area contributed by atoms with Gasteiger partial charge in [0.1, 0.15) is 0 Å². The van der Waals surface area contributed by atoms with E-state index in [1.54, 1.807) is 4.31 Å². The summed E-state index contributed by atoms with van der Waals surface area (Å²) < 4.78 is 24.5. The second-order valence-electron chi connectivity index (χ2n) is 4.64. The van der Waals surface area contributed by atoms with Crippen molar-refractivity contribution in [3.8, 4) is 0 Å². The first-order chi connectivity index (χ1) is 6.89. The fraction of sp³-hybridized carbons (Fsp3) is 1.00. The summed E-state index contributed by atoms with van der Waals surface area (Å²) in [6.45, 7) is 5.48. The topological polar surface area (TPSA) is 49.4 Å². The lowest BCUT2D eigenvalue weighted by molar-refractivity contribution is 0.360. The number of hydrogen-bond acceptors (Lipinski definition) is 3. The monoisotopic (exact) mass is 234 g/mol. The summed E-state index contributed by atoms with van der Waals surface area (Å²) in [6, 6.07) is 0.719. The Hall–Kier alpha value is -0.130. The summed E-state index contributed by atoms with van der Waals surface area (Å²) in [6.07, 6.45) is 4.45. The minimum Gasteiger partial charge on any atom is -0.310 e. The molecular formula is C10H22N2O2S. The minimum atomic E-state index is -3.02. The first-order valence-corrected chi connectivity index (χ1v) is 7.45. The summed E-state index contributed by atoms with van der Waals surface area (Å²) in [5, 5.41) is 3.42. The van der Waals surface area contributed by atoms with Crippen LogP contribution in [0.25, 0.3) is 0 Å². The van der Waals surface area contributed by atoms with Gasteiger partial charge in [0.25, 0.3) is 0 Å². The third kappa shape index (κ3) is 4.49. The molecule has 0 spiro atoms. The first-order valence-electron chi connectivity index (χ1n) is 5.61. The standard InChI is InChI=1S/C10H22N2O2S/c1-9(2)11-10-6-4-5-7-12(8-10)15(3,13)14/h9-11H,4-8H2,1-3H3. The Labute approximate surface area is 93.1 Å². The zero-order valence-corrected chi connectivity index (χ0v) is 10.7. The van der Waals surface area contributed by atoms with E-state index < -0.39 is 10.0 Å². The average molecular weight is 234 g/mol. The molecule has 1 heterocycles. The van der Waals surface area contributed by atoms with Crippen LogP contribution in [0.3, 0.4) is 0 Å². The summed E-state index contributed by atoms with van der Waals surface area (Å²) in [7, 11) is -3.02. The third-order valence-corrected chi connectivity index (χ3v) is 3.94. The Bertz CT molecular complexity index is 288. The molecule has 0 aromatic carbocycles. The summed E-state index contributed by atoms with van der Waals surface area (Å²) in [5.74, 6) is 0. The molecule has 5 heteroatoms. The van der Waals surface area contributed by atoms with Gasteiger partial charge in [-0.2, -0.15) is 0 Å². The predicted octanol–water partition coefficient (Wildman–Crippen LogP) is 0.798. The SMILES string of the molecule is CC(C)NC1CCCCN(S(C)(=O)=O)C1. The van der Waals surface area contributed by atoms with Gasteiger partial charge in [0.05, 0.1) is 6.26 Å². The van der Waals surface area contributed by atoms with Crippen LogP contribution in [0.4, 0.5) is 0 Å². The Morgan fingerprint density at radius 3 is 2.53 bits per heavy atom. The molecule has 0 saturated carbocycles. The van der Waals surface area contributed by atoms with E-state index in [-0.39, 0.29) is 0 Å². The third-order valence-electron chi connectivity index (χ3n) is 2.67. The largest absolute Gasteiger partial charge is 0.310 e. The van der Waals surface area contributed by atoms with E-state index in [0.29, 0.717) is 25.2 Å². The minimum absolute atomic E-state index is 0.308. The molecule has 0 aromatic rings. The van der Waals surface area contributed by atoms with Crippen LogP contribution in [0.5, 0.6) is 0 Å². The van der Waals surface area contributed by atoms with Crippen molar-refractivity contribution in [1.29, 1.82) is 0 Å². The number of nitrogens with one attached hydrogen (secondary N) is 1. The predicted molar refractivity (Wildman–Crippen MR) is 62.3 cm³/mol. The van der Waals surface area contributed by atoms with Crippen molar-refractivity contribution < 1.29 is 8.42 Å². The van der Waals surface area contributed by atoms with E-state index in [0.717, 1.165) is 19.3 Å². The van der Waals surface area contributed by atoms with Crippen LogP contribution in [0.2, 0.25) is 0 Å². The van der Waals surface area contributed by atoms with Gasteiger partial charge in [-0.15, -0.1) is 0 Å². The second kappa shape index (κ2) is 5.27. The summed E-state index contributed by atoms with van der Waals surface area (Å²) >= 11 is 0. The lowest BCUT2D eigenvalue weighted by Crippen LogP contribution is -2.44. The lowest BCUT2D eigenvalue weighted by atomic mass is 10.1. The van der Waals surface area contributed by atoms with Gasteiger partial charge in [-0.3, -0.25) is 0 Å². The van der Waals surface area contributed by atoms with Gasteiger partial charge in [-0.25, -0.2) is 12.7 Å². The highest BCUT2D eigenvalue weighted by Gasteiger charge is 2.24. The zero-order valence-electron chi connectivity index (χ0n) is 9.86. The van der Waals surface area contributed by atoms with E-state index in [1.807, 2.05) is 0 Å². The van der Waals surface area contributed by atoms with E-state index in [9.17, 15) is 8.42 Å². The molecule has 1 N–H and O–H groups in total. The van der Waals surface area contributed by atoms with E-state index >= 15 is 0 Å². The zero-order chi connectivity index (χ0) is 11.5. The number of rotatable bonds is 3. The highest BCUT2D eigenvalue weighted by atomic mass is 32.2. The van der Waals surface area contributed by atoms with Crippen LogP contribution in [-0.2, 0) is 10.0 Å². The van der Waals surface area contributed by atoms with Crippen LogP contribution in [0.1, 0.15) is 33.1 Å². The van der Waals surface area contributed by atoms with Crippen molar-refractivity contribution in [1.82, 2.24) is 9.62 Å². The Balaban J connectivity index is 2.61. The van der Waals surface area contributed by atoms with E-state index in [4.69, 9.17) is 0 Å². The molecule has 1 aliphatic rings. The smallest absolute Gasteiger partial charge is 0.211 e. The quantitative estimate of drug-likeness (QED) is 0.786. The second-order valence-corrected chi connectivity index (χ2v) is 6.62. The van der Waals surface area contributed by atoms with Crippen molar-refractivity contribution in [3.63, 3.8) is 0 Å². The lowest BCUT2D eigenvalue weighted by Gasteiger charge is -2.24. The van der Waals surface area contributed by atoms with Gasteiger partial charge in [0.2, 0.25) is 10.0 Å². The van der Waals surface area contributed by atoms with E-state index in [1.165, 1.54) is 6.26 Å². The fourth-order valence-electron chi connectivity index (χ4n) is 2.02. The van der Waals surface area contributed by atoms with Crippen LogP contribution in [-0.4, -0.2) is 44.2 Å². The van der Waals surface area contributed by atoms with Crippen molar-refractivity contribution in [2.45, 2.75) is 45.2 Å². The van der Waals surface area contributed by atoms with Crippen molar-refractivity contribution in [2.24, 2.45) is 0 Å². The highest BCUT2D eigenvalue weighted by molar-refractivity contribution is 7.88. The Morgan fingerprint density at radius 1 is 1.33 bits per heavy atom. The van der Waals surface area contributed by atoms with Crippen LogP contribution in [0.15, 0.2) is 0 Å². The normalized spacial score (nSPS) is 25.5. The molecule has 0 aliphatic carbocycles. The Morgan fingerprint density at radius 2 is 2.00 bits per heavy atom. The molecule has 1 fully saturated rings. The number of sulfonamides is 1. The number of hydrogen-bond donors (Lipinski definition) is 1. The highest BCUT2D eigenvalue weighted by Crippen LogP contribution is 2.13. The van der Waals surface area contributed by atoms with Crippen molar-refractivity contribution in [3.05, 3.63) is 0 Å². The van der Waals surface area contributed by atoms with Crippen LogP contribution >= 0.6 is 0 Å². The summed E-state index contributed by atoms with van der Waals surface area (Å²) in [4.78, 5) is 0. The molecule has 0 radical (unpaired) electrons. The maximum Gasteiger partial charge on any atom is 0.211 e. The van der Waals surface area contributed by atoms with Gasteiger partial charge >= 0.3 is 0 Å². The fourth-order valence-corrected chi connectivity index (χ4v) is 2.93. The molecule has 0 aromatic heterocycles. The maximum atomic E-state index is 11.5. The molecule has 4 nitrogen and oxygen atoms in total. The van der Waals surface area contributed by atoms with Gasteiger partial charge < -0.3 is 5.32 Å². The van der Waals surface area contributed by atoms with Crippen LogP contribution in [0, 0.1) is 0 Å². The molecule has 15 heavy (non-hydrogen) atoms. The molecule has 1 rings (SSSR count). The van der Waals surface area contributed by atoms with Crippen LogP contribution < -0.4 is 5.32 Å². The molecule has 1 atom stereocenters. The molecule has 1 unspecified atom stereocenters. The molecule has 1 aliphatic heterocycles. The maximum absolute atomic E-state index is 11.5. The summed E-state index contributed by atoms with van der Waals surface area (Å²) in [5.41, 5.74) is 0. The van der Waals surface area contributed by atoms with Gasteiger partial charge in [0, 0.05) is 25.2 Å². The molecule has 0 amide bonds. The van der Waals surface area contributed by atoms with Gasteiger partial charge in [0.15, 0.2) is 0 Å².